The number of benzene rings is 1. The van der Waals surface area contributed by atoms with Crippen LogP contribution in [0.3, 0.4) is 0 Å². The van der Waals surface area contributed by atoms with Gasteiger partial charge >= 0.3 is 5.97 Å². The van der Waals surface area contributed by atoms with Gasteiger partial charge in [0.15, 0.2) is 0 Å². The molecule has 0 aromatic heterocycles. The molecule has 4 rings (SSSR count). The number of fused-ring (bicyclic) bond motifs is 5. The largest absolute Gasteiger partial charge is 0.462 e. The second kappa shape index (κ2) is 6.34. The van der Waals surface area contributed by atoms with Gasteiger partial charge in [0.2, 0.25) is 11.8 Å². The fraction of sp³-hybridized carbons (Fsp3) is 0.381. The first-order valence-corrected chi connectivity index (χ1v) is 9.44. The lowest BCUT2D eigenvalue weighted by atomic mass is 9.85. The van der Waals surface area contributed by atoms with Crippen molar-refractivity contribution in [3.05, 3.63) is 52.1 Å². The van der Waals surface area contributed by atoms with Crippen molar-refractivity contribution in [1.29, 1.82) is 0 Å². The van der Waals surface area contributed by atoms with Crippen molar-refractivity contribution < 1.29 is 19.1 Å². The number of halogens is 1. The number of rotatable bonds is 3. The number of anilines is 1. The minimum Gasteiger partial charge on any atom is -0.462 e. The summed E-state index contributed by atoms with van der Waals surface area (Å²) in [5, 5.41) is 0.227. The van der Waals surface area contributed by atoms with Gasteiger partial charge < -0.3 is 4.74 Å². The molecule has 140 valence electrons. The van der Waals surface area contributed by atoms with Gasteiger partial charge in [0.1, 0.15) is 0 Å². The van der Waals surface area contributed by atoms with Crippen LogP contribution in [0.25, 0.3) is 0 Å². The van der Waals surface area contributed by atoms with Crippen molar-refractivity contribution in [3.63, 3.8) is 0 Å². The van der Waals surface area contributed by atoms with Crippen molar-refractivity contribution >= 4 is 35.1 Å². The van der Waals surface area contributed by atoms with Crippen molar-refractivity contribution in [3.8, 4) is 0 Å². The highest BCUT2D eigenvalue weighted by Crippen LogP contribution is 2.57. The molecule has 6 heteroatoms. The van der Waals surface area contributed by atoms with Gasteiger partial charge in [0.25, 0.3) is 0 Å². The monoisotopic (exact) mass is 385 g/mol. The van der Waals surface area contributed by atoms with Crippen molar-refractivity contribution in [2.24, 2.45) is 23.7 Å². The highest BCUT2D eigenvalue weighted by Gasteiger charge is 2.61. The maximum absolute atomic E-state index is 13.1. The summed E-state index contributed by atoms with van der Waals surface area (Å²) in [5.41, 5.74) is 2.90. The second-order valence-electron chi connectivity index (χ2n) is 7.34. The van der Waals surface area contributed by atoms with Crippen LogP contribution in [-0.2, 0) is 14.3 Å². The predicted octanol–water partition coefficient (Wildman–Crippen LogP) is 3.77. The number of nitrogens with zero attached hydrogens (tertiary/aromatic N) is 1. The Morgan fingerprint density at radius 3 is 2.22 bits per heavy atom. The number of imide groups is 1. The third-order valence-electron chi connectivity index (χ3n) is 5.70. The number of carbonyl (C=O) groups is 3. The minimum absolute atomic E-state index is 0.0109. The quantitative estimate of drug-likeness (QED) is 0.451. The van der Waals surface area contributed by atoms with Gasteiger partial charge in [-0.15, -0.1) is 0 Å². The van der Waals surface area contributed by atoms with Crippen molar-refractivity contribution in [1.82, 2.24) is 0 Å². The molecule has 4 atom stereocenters. The van der Waals surface area contributed by atoms with Crippen LogP contribution in [0.2, 0.25) is 5.02 Å². The maximum atomic E-state index is 13.1. The highest BCUT2D eigenvalue weighted by atomic mass is 35.5. The summed E-state index contributed by atoms with van der Waals surface area (Å²) in [6.07, 6.45) is 4.10. The predicted molar refractivity (Wildman–Crippen MR) is 101 cm³/mol. The Kier molecular flexibility index (Phi) is 4.22. The van der Waals surface area contributed by atoms with Gasteiger partial charge in [0.05, 0.1) is 34.7 Å². The summed E-state index contributed by atoms with van der Waals surface area (Å²) in [6, 6.07) is 4.58. The molecule has 3 aliphatic rings. The van der Waals surface area contributed by atoms with E-state index in [1.807, 2.05) is 13.8 Å². The summed E-state index contributed by atoms with van der Waals surface area (Å²) >= 11 is 6.11. The van der Waals surface area contributed by atoms with E-state index in [1.165, 1.54) is 28.2 Å². The zero-order valence-corrected chi connectivity index (χ0v) is 16.1. The van der Waals surface area contributed by atoms with E-state index in [0.29, 0.717) is 5.69 Å². The SMILES string of the molecule is CCOC(=O)c1cc(N2C(=O)C3C4C=CC(C4=C(C)C)C3C2=O)ccc1Cl. The summed E-state index contributed by atoms with van der Waals surface area (Å²) in [6.45, 7) is 5.97. The van der Waals surface area contributed by atoms with E-state index in [0.717, 1.165) is 0 Å². The van der Waals surface area contributed by atoms with E-state index in [4.69, 9.17) is 16.3 Å². The molecule has 1 saturated heterocycles. The topological polar surface area (TPSA) is 63.7 Å². The molecule has 0 N–H and O–H groups in total. The van der Waals surface area contributed by atoms with Gasteiger partial charge in [-0.1, -0.05) is 34.9 Å². The molecule has 2 fully saturated rings. The summed E-state index contributed by atoms with van der Waals surface area (Å²) < 4.78 is 5.01. The first-order valence-electron chi connectivity index (χ1n) is 9.06. The molecule has 1 aliphatic heterocycles. The van der Waals surface area contributed by atoms with Gasteiger partial charge in [0, 0.05) is 11.8 Å². The molecule has 27 heavy (non-hydrogen) atoms. The lowest BCUT2D eigenvalue weighted by Crippen LogP contribution is -2.33. The maximum Gasteiger partial charge on any atom is 0.339 e. The van der Waals surface area contributed by atoms with Crippen LogP contribution in [0.4, 0.5) is 5.69 Å². The first-order chi connectivity index (χ1) is 12.9. The number of esters is 1. The fourth-order valence-electron chi connectivity index (χ4n) is 4.70. The van der Waals surface area contributed by atoms with Gasteiger partial charge in [-0.25, -0.2) is 9.69 Å². The third-order valence-corrected chi connectivity index (χ3v) is 6.03. The van der Waals surface area contributed by atoms with Crippen molar-refractivity contribution in [2.45, 2.75) is 20.8 Å². The number of ether oxygens (including phenoxy) is 1. The molecule has 1 aromatic rings. The molecule has 2 amide bonds. The van der Waals surface area contributed by atoms with Gasteiger partial charge in [-0.3, -0.25) is 9.59 Å². The molecule has 1 heterocycles. The van der Waals surface area contributed by atoms with E-state index in [1.54, 1.807) is 13.0 Å². The Hall–Kier alpha value is -2.40. The average Bonchev–Trinajstić information content (AvgIpc) is 3.26. The van der Waals surface area contributed by atoms with E-state index in [-0.39, 0.29) is 52.7 Å². The van der Waals surface area contributed by atoms with Crippen LogP contribution in [0.15, 0.2) is 41.5 Å². The Labute approximate surface area is 162 Å². The molecular formula is C21H20ClNO4. The molecule has 0 radical (unpaired) electrons. The molecular weight excluding hydrogens is 366 g/mol. The van der Waals surface area contributed by atoms with E-state index in [9.17, 15) is 14.4 Å². The van der Waals surface area contributed by atoms with Crippen molar-refractivity contribution in [2.75, 3.05) is 11.5 Å². The van der Waals surface area contributed by atoms with E-state index >= 15 is 0 Å². The summed E-state index contributed by atoms with van der Waals surface area (Å²) in [5.74, 6) is -1.74. The second-order valence-corrected chi connectivity index (χ2v) is 7.75. The molecule has 1 saturated carbocycles. The highest BCUT2D eigenvalue weighted by molar-refractivity contribution is 6.34. The molecule has 4 unspecified atom stereocenters. The minimum atomic E-state index is -0.572. The zero-order chi connectivity index (χ0) is 19.5. The lowest BCUT2D eigenvalue weighted by molar-refractivity contribution is -0.122. The molecule has 2 bridgehead atoms. The first kappa shape index (κ1) is 18.0. The normalized spacial score (nSPS) is 28.1. The third kappa shape index (κ3) is 2.48. The lowest BCUT2D eigenvalue weighted by Gasteiger charge is -2.20. The fourth-order valence-corrected chi connectivity index (χ4v) is 4.90. The van der Waals surface area contributed by atoms with Gasteiger partial charge in [-0.2, -0.15) is 0 Å². The Balaban J connectivity index is 1.72. The number of hydrogen-bond acceptors (Lipinski definition) is 4. The van der Waals surface area contributed by atoms with Crippen LogP contribution in [-0.4, -0.2) is 24.4 Å². The van der Waals surface area contributed by atoms with Crippen LogP contribution in [0.5, 0.6) is 0 Å². The van der Waals surface area contributed by atoms with Crippen LogP contribution in [0, 0.1) is 23.7 Å². The number of allylic oxidation sites excluding steroid dienone is 4. The average molecular weight is 386 g/mol. The standard InChI is InChI=1S/C21H20ClNO4/c1-4-27-21(26)14-9-11(5-8-15(14)22)23-19(24)17-12-6-7-13(16(12)10(2)3)18(17)20(23)25/h5-9,12-13,17-18H,4H2,1-3H3. The smallest absolute Gasteiger partial charge is 0.339 e. The molecule has 0 spiro atoms. The number of amides is 2. The van der Waals surface area contributed by atoms with Crippen LogP contribution < -0.4 is 4.90 Å². The Morgan fingerprint density at radius 2 is 1.70 bits per heavy atom. The molecule has 2 aliphatic carbocycles. The van der Waals surface area contributed by atoms with Gasteiger partial charge in [-0.05, 0) is 39.0 Å². The van der Waals surface area contributed by atoms with E-state index < -0.39 is 5.97 Å². The summed E-state index contributed by atoms with van der Waals surface area (Å²) in [4.78, 5) is 39.6. The Bertz CT molecular complexity index is 894. The van der Waals surface area contributed by atoms with E-state index in [2.05, 4.69) is 12.2 Å². The molecule has 5 nitrogen and oxygen atoms in total. The van der Waals surface area contributed by atoms with Crippen LogP contribution in [0.1, 0.15) is 31.1 Å². The molecule has 1 aromatic carbocycles. The Morgan fingerprint density at radius 1 is 1.11 bits per heavy atom. The number of carbonyl (C=O) groups excluding carboxylic acids is 3. The zero-order valence-electron chi connectivity index (χ0n) is 15.4. The van der Waals surface area contributed by atoms with Crippen LogP contribution >= 0.6 is 11.6 Å². The summed E-state index contributed by atoms with van der Waals surface area (Å²) in [7, 11) is 0. The number of hydrogen-bond donors (Lipinski definition) is 0.